The molecule has 0 radical (unpaired) electrons. The molecular formula is C22H18N2O6S. The first-order valence-corrected chi connectivity index (χ1v) is 10.1. The highest BCUT2D eigenvalue weighted by atomic mass is 32.2. The highest BCUT2D eigenvalue weighted by Crippen LogP contribution is 2.35. The average Bonchev–Trinajstić information content (AvgIpc) is 3.01. The Morgan fingerprint density at radius 1 is 1.19 bits per heavy atom. The molecule has 0 atom stereocenters. The number of amides is 2. The van der Waals surface area contributed by atoms with Crippen LogP contribution in [0.2, 0.25) is 0 Å². The number of thioether (sulfide) groups is 1. The predicted octanol–water partition coefficient (Wildman–Crippen LogP) is 4.24. The van der Waals surface area contributed by atoms with Crippen LogP contribution < -0.4 is 9.47 Å². The number of terminal acetylenes is 1. The minimum absolute atomic E-state index is 0.0489. The Morgan fingerprint density at radius 3 is 2.71 bits per heavy atom. The van der Waals surface area contributed by atoms with Crippen LogP contribution in [0.1, 0.15) is 18.1 Å². The second kappa shape index (κ2) is 9.82. The second-order valence-electron chi connectivity index (χ2n) is 6.33. The zero-order valence-electron chi connectivity index (χ0n) is 16.6. The Labute approximate surface area is 183 Å². The van der Waals surface area contributed by atoms with E-state index in [1.165, 1.54) is 18.2 Å². The largest absolute Gasteiger partial charge is 0.490 e. The molecule has 1 saturated heterocycles. The summed E-state index contributed by atoms with van der Waals surface area (Å²) in [6.07, 6.45) is 6.81. The van der Waals surface area contributed by atoms with Gasteiger partial charge in [-0.2, -0.15) is 0 Å². The Morgan fingerprint density at radius 2 is 2.00 bits per heavy atom. The van der Waals surface area contributed by atoms with E-state index in [2.05, 4.69) is 5.92 Å². The van der Waals surface area contributed by atoms with Crippen molar-refractivity contribution in [1.82, 2.24) is 4.90 Å². The summed E-state index contributed by atoms with van der Waals surface area (Å²) in [5.74, 6) is 2.88. The molecule has 0 spiro atoms. The molecular weight excluding hydrogens is 420 g/mol. The molecule has 0 aromatic heterocycles. The van der Waals surface area contributed by atoms with Gasteiger partial charge in [0.1, 0.15) is 6.61 Å². The lowest BCUT2D eigenvalue weighted by Gasteiger charge is -2.12. The average molecular weight is 438 g/mol. The van der Waals surface area contributed by atoms with E-state index < -0.39 is 16.1 Å². The molecule has 0 N–H and O–H groups in total. The normalized spacial score (nSPS) is 14.6. The fraction of sp³-hybridized carbons (Fsp3) is 0.182. The van der Waals surface area contributed by atoms with E-state index in [1.54, 1.807) is 30.3 Å². The number of carbonyl (C=O) groups excluding carboxylic acids is 2. The van der Waals surface area contributed by atoms with Crippen LogP contribution in [0.4, 0.5) is 10.5 Å². The number of nitro benzene ring substituents is 1. The molecule has 9 heteroatoms. The smallest absolute Gasteiger partial charge is 0.293 e. The van der Waals surface area contributed by atoms with E-state index in [0.717, 1.165) is 16.7 Å². The van der Waals surface area contributed by atoms with E-state index in [1.807, 2.05) is 6.92 Å². The highest BCUT2D eigenvalue weighted by molar-refractivity contribution is 8.18. The Bertz CT molecular complexity index is 1110. The van der Waals surface area contributed by atoms with Crippen molar-refractivity contribution in [3.63, 3.8) is 0 Å². The zero-order valence-corrected chi connectivity index (χ0v) is 17.4. The van der Waals surface area contributed by atoms with Crippen molar-refractivity contribution in [2.45, 2.75) is 13.5 Å². The van der Waals surface area contributed by atoms with Crippen LogP contribution in [-0.4, -0.2) is 34.2 Å². The van der Waals surface area contributed by atoms with Gasteiger partial charge >= 0.3 is 0 Å². The van der Waals surface area contributed by atoms with Crippen LogP contribution >= 0.6 is 11.8 Å². The second-order valence-corrected chi connectivity index (χ2v) is 7.32. The topological polar surface area (TPSA) is 99.0 Å². The molecule has 0 bridgehead atoms. The summed E-state index contributed by atoms with van der Waals surface area (Å²) in [4.78, 5) is 36.9. The third-order valence-corrected chi connectivity index (χ3v) is 5.12. The maximum Gasteiger partial charge on any atom is 0.293 e. The fourth-order valence-electron chi connectivity index (χ4n) is 2.86. The van der Waals surface area contributed by atoms with Gasteiger partial charge in [0.05, 0.1) is 23.0 Å². The van der Waals surface area contributed by atoms with Gasteiger partial charge in [-0.05, 0) is 48.0 Å². The van der Waals surface area contributed by atoms with E-state index >= 15 is 0 Å². The van der Waals surface area contributed by atoms with Gasteiger partial charge in [-0.25, -0.2) is 0 Å². The van der Waals surface area contributed by atoms with Crippen molar-refractivity contribution in [2.24, 2.45) is 0 Å². The van der Waals surface area contributed by atoms with Gasteiger partial charge in [-0.3, -0.25) is 24.6 Å². The number of nitro groups is 1. The molecule has 1 aliphatic rings. The van der Waals surface area contributed by atoms with Gasteiger partial charge in [-0.1, -0.05) is 24.1 Å². The van der Waals surface area contributed by atoms with Crippen molar-refractivity contribution in [3.8, 4) is 23.8 Å². The number of benzene rings is 2. The van der Waals surface area contributed by atoms with E-state index in [0.29, 0.717) is 29.2 Å². The molecule has 2 amide bonds. The third-order valence-electron chi connectivity index (χ3n) is 4.21. The van der Waals surface area contributed by atoms with E-state index in [-0.39, 0.29) is 23.7 Å². The van der Waals surface area contributed by atoms with Crippen molar-refractivity contribution >= 4 is 34.7 Å². The number of ether oxygens (including phenoxy) is 2. The van der Waals surface area contributed by atoms with Gasteiger partial charge in [0.15, 0.2) is 11.5 Å². The van der Waals surface area contributed by atoms with Gasteiger partial charge in [0, 0.05) is 12.1 Å². The van der Waals surface area contributed by atoms with Gasteiger partial charge in [-0.15, -0.1) is 6.42 Å². The summed E-state index contributed by atoms with van der Waals surface area (Å²) in [6, 6.07) is 10.9. The molecule has 1 heterocycles. The molecule has 0 unspecified atom stereocenters. The molecule has 3 rings (SSSR count). The van der Waals surface area contributed by atoms with Crippen LogP contribution in [0.25, 0.3) is 6.08 Å². The first-order chi connectivity index (χ1) is 14.9. The standard InChI is InChI=1S/C22H18N2O6S/c1-3-10-30-18-9-8-15(12-19(18)29-4-2)13-20-21(25)23(22(26)31-20)14-16-6-5-7-17(11-16)24(27)28/h1,5-9,11-13H,4,10,14H2,2H3. The van der Waals surface area contributed by atoms with Crippen LogP contribution in [0, 0.1) is 22.5 Å². The predicted molar refractivity (Wildman–Crippen MR) is 117 cm³/mol. The summed E-state index contributed by atoms with van der Waals surface area (Å²) in [5, 5.41) is 10.5. The highest BCUT2D eigenvalue weighted by Gasteiger charge is 2.35. The molecule has 8 nitrogen and oxygen atoms in total. The first-order valence-electron chi connectivity index (χ1n) is 9.24. The Balaban J connectivity index is 1.81. The minimum atomic E-state index is -0.524. The van der Waals surface area contributed by atoms with Gasteiger partial charge in [0.25, 0.3) is 16.8 Å². The minimum Gasteiger partial charge on any atom is -0.490 e. The molecule has 1 fully saturated rings. The summed E-state index contributed by atoms with van der Waals surface area (Å²) in [7, 11) is 0. The monoisotopic (exact) mass is 438 g/mol. The number of nitrogens with zero attached hydrogens (tertiary/aromatic N) is 2. The molecule has 158 valence electrons. The van der Waals surface area contributed by atoms with Crippen LogP contribution in [0.15, 0.2) is 47.4 Å². The molecule has 2 aromatic carbocycles. The maximum atomic E-state index is 12.8. The SMILES string of the molecule is C#CCOc1ccc(C=C2SC(=O)N(Cc3cccc([N+](=O)[O-])c3)C2=O)cc1OCC. The van der Waals surface area contributed by atoms with Crippen molar-refractivity contribution in [2.75, 3.05) is 13.2 Å². The van der Waals surface area contributed by atoms with Gasteiger partial charge in [0.2, 0.25) is 0 Å². The lowest BCUT2D eigenvalue weighted by molar-refractivity contribution is -0.384. The first kappa shape index (κ1) is 21.9. The molecule has 0 saturated carbocycles. The lowest BCUT2D eigenvalue weighted by atomic mass is 10.1. The molecule has 2 aromatic rings. The van der Waals surface area contributed by atoms with Crippen molar-refractivity contribution in [1.29, 1.82) is 0 Å². The molecule has 1 aliphatic heterocycles. The third kappa shape index (κ3) is 5.24. The van der Waals surface area contributed by atoms with E-state index in [4.69, 9.17) is 15.9 Å². The number of non-ortho nitro benzene ring substituents is 1. The summed E-state index contributed by atoms with van der Waals surface area (Å²) in [5.41, 5.74) is 1.04. The fourth-order valence-corrected chi connectivity index (χ4v) is 3.70. The zero-order chi connectivity index (χ0) is 22.4. The Kier molecular flexibility index (Phi) is 6.95. The van der Waals surface area contributed by atoms with Crippen molar-refractivity contribution in [3.05, 3.63) is 68.6 Å². The number of carbonyl (C=O) groups is 2. The van der Waals surface area contributed by atoms with Crippen molar-refractivity contribution < 1.29 is 24.0 Å². The number of imide groups is 1. The summed E-state index contributed by atoms with van der Waals surface area (Å²) in [6.45, 7) is 2.29. The number of hydrogen-bond donors (Lipinski definition) is 0. The quantitative estimate of drug-likeness (QED) is 0.263. The maximum absolute atomic E-state index is 12.8. The van der Waals surface area contributed by atoms with Crippen LogP contribution in [0.3, 0.4) is 0 Å². The summed E-state index contributed by atoms with van der Waals surface area (Å²) < 4.78 is 11.0. The summed E-state index contributed by atoms with van der Waals surface area (Å²) >= 11 is 0.810. The van der Waals surface area contributed by atoms with Crippen LogP contribution in [0.5, 0.6) is 11.5 Å². The number of hydrogen-bond acceptors (Lipinski definition) is 7. The van der Waals surface area contributed by atoms with Crippen LogP contribution in [-0.2, 0) is 11.3 Å². The molecule has 31 heavy (non-hydrogen) atoms. The molecule has 0 aliphatic carbocycles. The van der Waals surface area contributed by atoms with Gasteiger partial charge < -0.3 is 9.47 Å². The lowest BCUT2D eigenvalue weighted by Crippen LogP contribution is -2.27. The van der Waals surface area contributed by atoms with E-state index in [9.17, 15) is 19.7 Å². The Hall–Kier alpha value is -3.77. The number of rotatable bonds is 8.